The van der Waals surface area contributed by atoms with Gasteiger partial charge in [0.2, 0.25) is 17.6 Å². The van der Waals surface area contributed by atoms with E-state index in [1.165, 1.54) is 42.5 Å². The predicted octanol–water partition coefficient (Wildman–Crippen LogP) is 4.67. The van der Waals surface area contributed by atoms with Crippen molar-refractivity contribution in [2.24, 2.45) is 0 Å². The molecule has 3 aromatic rings. The van der Waals surface area contributed by atoms with Crippen LogP contribution in [-0.4, -0.2) is 16.0 Å². The van der Waals surface area contributed by atoms with Crippen molar-refractivity contribution in [3.63, 3.8) is 0 Å². The van der Waals surface area contributed by atoms with E-state index in [4.69, 9.17) is 4.52 Å². The molecule has 3 rings (SSSR count). The molecule has 2 aromatic carbocycles. The molecule has 0 saturated carbocycles. The van der Waals surface area contributed by atoms with Crippen molar-refractivity contribution in [1.82, 2.24) is 15.5 Å². The molecule has 1 atom stereocenters. The number of benzene rings is 2. The highest BCUT2D eigenvalue weighted by Crippen LogP contribution is 2.19. The van der Waals surface area contributed by atoms with Gasteiger partial charge in [0, 0.05) is 21.7 Å². The van der Waals surface area contributed by atoms with Crippen LogP contribution in [0.3, 0.4) is 0 Å². The number of amides is 1. The monoisotopic (exact) mass is 433 g/mol. The zero-order valence-corrected chi connectivity index (χ0v) is 15.7. The first-order valence-electron chi connectivity index (χ1n) is 7.95. The van der Waals surface area contributed by atoms with Crippen LogP contribution >= 0.6 is 15.9 Å². The fourth-order valence-corrected chi connectivity index (χ4v) is 2.64. The van der Waals surface area contributed by atoms with Crippen LogP contribution in [-0.2, 0) is 4.79 Å². The topological polar surface area (TPSA) is 68.0 Å². The van der Waals surface area contributed by atoms with E-state index in [1.54, 1.807) is 19.1 Å². The third kappa shape index (κ3) is 4.85. The van der Waals surface area contributed by atoms with Crippen LogP contribution in [0.1, 0.15) is 24.4 Å². The maximum absolute atomic E-state index is 13.7. The molecule has 0 bridgehead atoms. The number of hydrogen-bond acceptors (Lipinski definition) is 4. The summed E-state index contributed by atoms with van der Waals surface area (Å²) >= 11 is 3.25. The summed E-state index contributed by atoms with van der Waals surface area (Å²) in [4.78, 5) is 16.2. The Balaban J connectivity index is 1.65. The quantitative estimate of drug-likeness (QED) is 0.593. The van der Waals surface area contributed by atoms with Gasteiger partial charge in [-0.3, -0.25) is 4.79 Å². The molecule has 138 valence electrons. The fraction of sp³-hybridized carbons (Fsp3) is 0.105. The molecule has 0 spiro atoms. The number of aromatic nitrogens is 2. The van der Waals surface area contributed by atoms with Crippen molar-refractivity contribution < 1.29 is 18.1 Å². The van der Waals surface area contributed by atoms with Gasteiger partial charge in [0.15, 0.2) is 0 Å². The summed E-state index contributed by atoms with van der Waals surface area (Å²) in [7, 11) is 0. The number of carbonyl (C=O) groups excluding carboxylic acids is 1. The number of rotatable bonds is 5. The first kappa shape index (κ1) is 18.9. The lowest BCUT2D eigenvalue weighted by molar-refractivity contribution is -0.117. The molecule has 1 heterocycles. The number of hydrogen-bond donors (Lipinski definition) is 1. The SMILES string of the molecule is CC(NC(=O)/C=C/c1cc(Br)ccc1F)c1nc(-c2ccc(F)cc2)no1. The van der Waals surface area contributed by atoms with Gasteiger partial charge >= 0.3 is 0 Å². The standard InChI is InChI=1S/C19H14BrF2N3O2/c1-11(19-24-18(25-27-19)12-2-6-15(21)7-3-12)23-17(26)9-4-13-10-14(20)5-8-16(13)22/h2-11H,1H3,(H,23,26)/b9-4+. The van der Waals surface area contributed by atoms with Gasteiger partial charge in [0.05, 0.1) is 0 Å². The highest BCUT2D eigenvalue weighted by molar-refractivity contribution is 9.10. The largest absolute Gasteiger partial charge is 0.341 e. The normalized spacial score (nSPS) is 12.3. The third-order valence-corrected chi connectivity index (χ3v) is 4.14. The Bertz CT molecular complexity index is 987. The Morgan fingerprint density at radius 1 is 1.22 bits per heavy atom. The van der Waals surface area contributed by atoms with Gasteiger partial charge in [-0.25, -0.2) is 8.78 Å². The van der Waals surface area contributed by atoms with Gasteiger partial charge in [0.1, 0.15) is 17.7 Å². The van der Waals surface area contributed by atoms with Crippen molar-refractivity contribution >= 4 is 27.9 Å². The molecule has 27 heavy (non-hydrogen) atoms. The second-order valence-corrected chi connectivity index (χ2v) is 6.61. The van der Waals surface area contributed by atoms with Crippen LogP contribution in [0.2, 0.25) is 0 Å². The van der Waals surface area contributed by atoms with E-state index in [-0.39, 0.29) is 23.1 Å². The van der Waals surface area contributed by atoms with E-state index in [9.17, 15) is 13.6 Å². The Hall–Kier alpha value is -2.87. The zero-order valence-electron chi connectivity index (χ0n) is 14.1. The molecule has 0 aliphatic rings. The van der Waals surface area contributed by atoms with Crippen LogP contribution in [0.5, 0.6) is 0 Å². The molecule has 1 N–H and O–H groups in total. The van der Waals surface area contributed by atoms with Crippen molar-refractivity contribution in [1.29, 1.82) is 0 Å². The van der Waals surface area contributed by atoms with Crippen molar-refractivity contribution in [2.45, 2.75) is 13.0 Å². The van der Waals surface area contributed by atoms with E-state index in [1.807, 2.05) is 0 Å². The number of nitrogens with one attached hydrogen (secondary N) is 1. The average Bonchev–Trinajstić information content (AvgIpc) is 3.13. The fourth-order valence-electron chi connectivity index (χ4n) is 2.26. The Labute approximate surface area is 162 Å². The molecule has 1 amide bonds. The number of nitrogens with zero attached hydrogens (tertiary/aromatic N) is 2. The maximum Gasteiger partial charge on any atom is 0.249 e. The molecule has 1 aromatic heterocycles. The highest BCUT2D eigenvalue weighted by atomic mass is 79.9. The van der Waals surface area contributed by atoms with Gasteiger partial charge in [-0.2, -0.15) is 4.98 Å². The second-order valence-electron chi connectivity index (χ2n) is 5.69. The molecule has 0 aliphatic heterocycles. The Morgan fingerprint density at radius 3 is 2.70 bits per heavy atom. The average molecular weight is 434 g/mol. The summed E-state index contributed by atoms with van der Waals surface area (Å²) in [6.45, 7) is 1.67. The van der Waals surface area contributed by atoms with E-state index >= 15 is 0 Å². The van der Waals surface area contributed by atoms with Gasteiger partial charge in [0.25, 0.3) is 0 Å². The first-order valence-corrected chi connectivity index (χ1v) is 8.75. The molecule has 0 fully saturated rings. The molecule has 1 unspecified atom stereocenters. The minimum atomic E-state index is -0.559. The minimum absolute atomic E-state index is 0.199. The third-order valence-electron chi connectivity index (χ3n) is 3.65. The lowest BCUT2D eigenvalue weighted by Crippen LogP contribution is -2.24. The summed E-state index contributed by atoms with van der Waals surface area (Å²) in [6.07, 6.45) is 2.60. The summed E-state index contributed by atoms with van der Waals surface area (Å²) in [5.74, 6) is -0.751. The van der Waals surface area contributed by atoms with Crippen LogP contribution in [0.25, 0.3) is 17.5 Å². The summed E-state index contributed by atoms with van der Waals surface area (Å²) in [5, 5.41) is 6.48. The Morgan fingerprint density at radius 2 is 1.96 bits per heavy atom. The summed E-state index contributed by atoms with van der Waals surface area (Å²) < 4.78 is 32.5. The van der Waals surface area contributed by atoms with Gasteiger partial charge in [-0.1, -0.05) is 21.1 Å². The first-order chi connectivity index (χ1) is 12.9. The predicted molar refractivity (Wildman–Crippen MR) is 99.4 cm³/mol. The molecule has 5 nitrogen and oxygen atoms in total. The van der Waals surface area contributed by atoms with Gasteiger partial charge in [-0.05, 0) is 55.5 Å². The van der Waals surface area contributed by atoms with Crippen LogP contribution < -0.4 is 5.32 Å². The van der Waals surface area contributed by atoms with Crippen molar-refractivity contribution in [3.05, 3.63) is 76.1 Å². The van der Waals surface area contributed by atoms with Crippen LogP contribution in [0, 0.1) is 11.6 Å². The number of halogens is 3. The maximum atomic E-state index is 13.7. The van der Waals surface area contributed by atoms with E-state index in [0.717, 1.165) is 0 Å². The van der Waals surface area contributed by atoms with Crippen LogP contribution in [0.15, 0.2) is 57.5 Å². The molecular formula is C19H14BrF2N3O2. The molecule has 8 heteroatoms. The second kappa shape index (κ2) is 8.22. The van der Waals surface area contributed by atoms with Crippen molar-refractivity contribution in [2.75, 3.05) is 0 Å². The van der Waals surface area contributed by atoms with E-state index < -0.39 is 17.8 Å². The zero-order chi connectivity index (χ0) is 19.4. The smallest absolute Gasteiger partial charge is 0.249 e. The van der Waals surface area contributed by atoms with Gasteiger partial charge in [-0.15, -0.1) is 0 Å². The molecule has 0 aliphatic carbocycles. The molecule has 0 radical (unpaired) electrons. The number of carbonyl (C=O) groups is 1. The van der Waals surface area contributed by atoms with E-state index in [2.05, 4.69) is 31.4 Å². The van der Waals surface area contributed by atoms with Gasteiger partial charge < -0.3 is 9.84 Å². The van der Waals surface area contributed by atoms with Crippen molar-refractivity contribution in [3.8, 4) is 11.4 Å². The minimum Gasteiger partial charge on any atom is -0.341 e. The summed E-state index contributed by atoms with van der Waals surface area (Å²) in [5.41, 5.74) is 0.874. The molecular weight excluding hydrogens is 420 g/mol. The highest BCUT2D eigenvalue weighted by Gasteiger charge is 2.16. The Kier molecular flexibility index (Phi) is 5.75. The lowest BCUT2D eigenvalue weighted by Gasteiger charge is -2.07. The molecule has 0 saturated heterocycles. The summed E-state index contributed by atoms with van der Waals surface area (Å²) in [6, 6.07) is 9.53. The van der Waals surface area contributed by atoms with Crippen LogP contribution in [0.4, 0.5) is 8.78 Å². The lowest BCUT2D eigenvalue weighted by atomic mass is 10.2. The van der Waals surface area contributed by atoms with E-state index in [0.29, 0.717) is 10.0 Å².